The third kappa shape index (κ3) is 2.38. The Balaban J connectivity index is 2.44. The predicted octanol–water partition coefficient (Wildman–Crippen LogP) is 1.62. The van der Waals surface area contributed by atoms with Gasteiger partial charge in [-0.05, 0) is 23.1 Å². The van der Waals surface area contributed by atoms with E-state index >= 15 is 0 Å². The normalized spacial score (nSPS) is 13.5. The molecule has 2 heterocycles. The van der Waals surface area contributed by atoms with Crippen molar-refractivity contribution in [1.29, 1.82) is 0 Å². The lowest BCUT2D eigenvalue weighted by Crippen LogP contribution is -2.21. The maximum Gasteiger partial charge on any atom is 0.196 e. The summed E-state index contributed by atoms with van der Waals surface area (Å²) >= 11 is 1.20. The maximum absolute atomic E-state index is 12.3. The van der Waals surface area contributed by atoms with E-state index in [2.05, 4.69) is 4.98 Å². The van der Waals surface area contributed by atoms with Crippen LogP contribution in [0.2, 0.25) is 0 Å². The Morgan fingerprint density at radius 2 is 2.18 bits per heavy atom. The van der Waals surface area contributed by atoms with Crippen molar-refractivity contribution >= 4 is 21.2 Å². The molecule has 2 aromatic heterocycles. The molecule has 0 radical (unpaired) electrons. The summed E-state index contributed by atoms with van der Waals surface area (Å²) in [7, 11) is -3.41. The minimum Gasteiger partial charge on any atom is -0.329 e. The van der Waals surface area contributed by atoms with Crippen molar-refractivity contribution < 1.29 is 8.42 Å². The average molecular weight is 268 g/mol. The summed E-state index contributed by atoms with van der Waals surface area (Å²) < 4.78 is 25.0. The molecule has 2 aromatic rings. The number of hydrogen-bond donors (Lipinski definition) is 1. The van der Waals surface area contributed by atoms with Crippen molar-refractivity contribution in [2.45, 2.75) is 9.46 Å². The number of thiophene rings is 1. The number of hydrogen-bond acceptors (Lipinski definition) is 5. The highest BCUT2D eigenvalue weighted by Crippen LogP contribution is 2.30. The smallest absolute Gasteiger partial charge is 0.196 e. The number of rotatable bonds is 4. The van der Waals surface area contributed by atoms with E-state index in [4.69, 9.17) is 5.73 Å². The second-order valence-corrected chi connectivity index (χ2v) is 6.79. The summed E-state index contributed by atoms with van der Waals surface area (Å²) in [4.78, 5) is 3.93. The fourth-order valence-electron chi connectivity index (χ4n) is 1.57. The molecule has 1 atom stereocenters. The SMILES string of the molecule is NC[C@H](c1cccnc1)S(=O)(=O)c1cccs1. The van der Waals surface area contributed by atoms with Crippen LogP contribution in [0.3, 0.4) is 0 Å². The van der Waals surface area contributed by atoms with Gasteiger partial charge in [0.15, 0.2) is 9.84 Å². The zero-order chi connectivity index (χ0) is 12.3. The van der Waals surface area contributed by atoms with Crippen LogP contribution >= 0.6 is 11.3 Å². The number of pyridine rings is 1. The largest absolute Gasteiger partial charge is 0.329 e. The van der Waals surface area contributed by atoms with E-state index in [1.165, 1.54) is 11.3 Å². The van der Waals surface area contributed by atoms with Gasteiger partial charge in [0, 0.05) is 18.9 Å². The van der Waals surface area contributed by atoms with E-state index in [0.717, 1.165) is 0 Å². The summed E-state index contributed by atoms with van der Waals surface area (Å²) in [5, 5.41) is 1.01. The Morgan fingerprint density at radius 3 is 2.71 bits per heavy atom. The van der Waals surface area contributed by atoms with Gasteiger partial charge in [0.05, 0.1) is 0 Å². The fraction of sp³-hybridized carbons (Fsp3) is 0.182. The van der Waals surface area contributed by atoms with E-state index in [-0.39, 0.29) is 6.54 Å². The maximum atomic E-state index is 12.3. The third-order valence-electron chi connectivity index (χ3n) is 2.42. The minimum atomic E-state index is -3.41. The Kier molecular flexibility index (Phi) is 3.56. The van der Waals surface area contributed by atoms with Crippen LogP contribution in [0, 0.1) is 0 Å². The molecule has 0 saturated heterocycles. The second kappa shape index (κ2) is 4.95. The van der Waals surface area contributed by atoms with Crippen LogP contribution < -0.4 is 5.73 Å². The molecule has 0 bridgehead atoms. The molecule has 0 unspecified atom stereocenters. The fourth-order valence-corrected chi connectivity index (χ4v) is 4.37. The molecule has 2 N–H and O–H groups in total. The van der Waals surface area contributed by atoms with Crippen LogP contribution in [-0.4, -0.2) is 19.9 Å². The molecule has 4 nitrogen and oxygen atoms in total. The average Bonchev–Trinajstić information content (AvgIpc) is 2.85. The van der Waals surface area contributed by atoms with Gasteiger partial charge < -0.3 is 5.73 Å². The quantitative estimate of drug-likeness (QED) is 0.914. The second-order valence-electron chi connectivity index (χ2n) is 3.49. The molecule has 17 heavy (non-hydrogen) atoms. The van der Waals surface area contributed by atoms with E-state index in [1.54, 1.807) is 42.0 Å². The van der Waals surface area contributed by atoms with E-state index < -0.39 is 15.1 Å². The van der Waals surface area contributed by atoms with E-state index in [9.17, 15) is 8.42 Å². The van der Waals surface area contributed by atoms with Crippen molar-refractivity contribution in [3.8, 4) is 0 Å². The van der Waals surface area contributed by atoms with Gasteiger partial charge in [-0.1, -0.05) is 12.1 Å². The Hall–Kier alpha value is -1.24. The number of sulfone groups is 1. The Morgan fingerprint density at radius 1 is 1.35 bits per heavy atom. The van der Waals surface area contributed by atoms with Crippen molar-refractivity contribution in [2.24, 2.45) is 5.73 Å². The van der Waals surface area contributed by atoms with Gasteiger partial charge in [-0.3, -0.25) is 4.98 Å². The summed E-state index contributed by atoms with van der Waals surface area (Å²) in [5.41, 5.74) is 6.22. The number of nitrogens with zero attached hydrogens (tertiary/aromatic N) is 1. The molecule has 0 aromatic carbocycles. The first-order valence-corrected chi connectivity index (χ1v) is 7.46. The number of aromatic nitrogens is 1. The van der Waals surface area contributed by atoms with Crippen molar-refractivity contribution in [3.63, 3.8) is 0 Å². The molecular formula is C11H12N2O2S2. The van der Waals surface area contributed by atoms with E-state index in [1.807, 2.05) is 0 Å². The molecule has 6 heteroatoms. The molecule has 0 spiro atoms. The van der Waals surface area contributed by atoms with Crippen LogP contribution in [0.4, 0.5) is 0 Å². The molecule has 0 aliphatic carbocycles. The number of nitrogens with two attached hydrogens (primary N) is 1. The van der Waals surface area contributed by atoms with Crippen molar-refractivity contribution in [1.82, 2.24) is 4.98 Å². The first-order chi connectivity index (χ1) is 8.16. The molecule has 0 amide bonds. The highest BCUT2D eigenvalue weighted by molar-refractivity contribution is 7.93. The molecule has 2 rings (SSSR count). The van der Waals surface area contributed by atoms with Crippen LogP contribution in [0.5, 0.6) is 0 Å². The van der Waals surface area contributed by atoms with Crippen LogP contribution in [0.15, 0.2) is 46.2 Å². The lowest BCUT2D eigenvalue weighted by molar-refractivity contribution is 0.584. The standard InChI is InChI=1S/C11H12N2O2S2/c12-7-10(9-3-1-5-13-8-9)17(14,15)11-4-2-6-16-11/h1-6,8,10H,7,12H2/t10-/m1/s1. The Bertz CT molecular complexity index is 565. The van der Waals surface area contributed by atoms with Gasteiger partial charge in [-0.2, -0.15) is 0 Å². The summed E-state index contributed by atoms with van der Waals surface area (Å²) in [5.74, 6) is 0. The van der Waals surface area contributed by atoms with Crippen molar-refractivity contribution in [3.05, 3.63) is 47.6 Å². The first kappa shape index (κ1) is 12.2. The first-order valence-electron chi connectivity index (χ1n) is 5.03. The van der Waals surface area contributed by atoms with Gasteiger partial charge in [-0.25, -0.2) is 8.42 Å². The molecule has 90 valence electrons. The molecule has 0 aliphatic heterocycles. The third-order valence-corrected chi connectivity index (χ3v) is 5.98. The highest BCUT2D eigenvalue weighted by Gasteiger charge is 2.28. The predicted molar refractivity (Wildman–Crippen MR) is 67.5 cm³/mol. The Labute approximate surface area is 104 Å². The van der Waals surface area contributed by atoms with Gasteiger partial charge in [-0.15, -0.1) is 11.3 Å². The summed E-state index contributed by atoms with van der Waals surface area (Å²) in [6.45, 7) is 0.0475. The monoisotopic (exact) mass is 268 g/mol. The van der Waals surface area contributed by atoms with Gasteiger partial charge in [0.25, 0.3) is 0 Å². The van der Waals surface area contributed by atoms with Crippen LogP contribution in [0.25, 0.3) is 0 Å². The van der Waals surface area contributed by atoms with Crippen molar-refractivity contribution in [2.75, 3.05) is 6.54 Å². The minimum absolute atomic E-state index is 0.0475. The lowest BCUT2D eigenvalue weighted by Gasteiger charge is -2.14. The van der Waals surface area contributed by atoms with Crippen LogP contribution in [0.1, 0.15) is 10.8 Å². The summed E-state index contributed by atoms with van der Waals surface area (Å²) in [6.07, 6.45) is 3.15. The summed E-state index contributed by atoms with van der Waals surface area (Å²) in [6, 6.07) is 6.75. The van der Waals surface area contributed by atoms with Crippen LogP contribution in [-0.2, 0) is 9.84 Å². The molecule has 0 saturated carbocycles. The zero-order valence-electron chi connectivity index (χ0n) is 8.98. The molecule has 0 aliphatic rings. The van der Waals surface area contributed by atoms with E-state index in [0.29, 0.717) is 9.77 Å². The zero-order valence-corrected chi connectivity index (χ0v) is 10.6. The van der Waals surface area contributed by atoms with Gasteiger partial charge in [0.1, 0.15) is 9.46 Å². The molecule has 0 fully saturated rings. The van der Waals surface area contributed by atoms with Gasteiger partial charge in [0.2, 0.25) is 0 Å². The topological polar surface area (TPSA) is 73.0 Å². The molecular weight excluding hydrogens is 256 g/mol. The highest BCUT2D eigenvalue weighted by atomic mass is 32.2. The van der Waals surface area contributed by atoms with Gasteiger partial charge >= 0.3 is 0 Å². The lowest BCUT2D eigenvalue weighted by atomic mass is 10.2.